The molecule has 90 valence electrons. The predicted octanol–water partition coefficient (Wildman–Crippen LogP) is 3.75. The molecule has 0 aliphatic heterocycles. The summed E-state index contributed by atoms with van der Waals surface area (Å²) >= 11 is 3.53. The summed E-state index contributed by atoms with van der Waals surface area (Å²) in [6, 6.07) is 2.22. The predicted molar refractivity (Wildman–Crippen MR) is 78.7 cm³/mol. The summed E-state index contributed by atoms with van der Waals surface area (Å²) in [4.78, 5) is 8.09. The van der Waals surface area contributed by atoms with Gasteiger partial charge in [-0.2, -0.15) is 0 Å². The molecule has 4 heteroatoms. The van der Waals surface area contributed by atoms with Crippen LogP contribution in [-0.2, 0) is 0 Å². The Hall–Kier alpha value is -0.613. The Morgan fingerprint density at radius 2 is 2.06 bits per heavy atom. The van der Waals surface area contributed by atoms with Crippen molar-refractivity contribution >= 4 is 40.4 Å². The lowest BCUT2D eigenvalue weighted by molar-refractivity contribution is 1.16. The smallest absolute Gasteiger partial charge is 0.137 e. The maximum absolute atomic E-state index is 4.51. The molecule has 1 N–H and O–H groups in total. The van der Waals surface area contributed by atoms with Crippen molar-refractivity contribution in [3.05, 3.63) is 22.3 Å². The number of H-pyrrole nitrogens is 1. The van der Waals surface area contributed by atoms with Gasteiger partial charge in [-0.3, -0.25) is 0 Å². The van der Waals surface area contributed by atoms with Gasteiger partial charge in [0.2, 0.25) is 0 Å². The monoisotopic (exact) mass is 308 g/mol. The molecule has 0 spiro atoms. The van der Waals surface area contributed by atoms with Gasteiger partial charge in [0.05, 0.1) is 8.07 Å². The number of halogens is 1. The molecule has 1 aliphatic rings. The summed E-state index contributed by atoms with van der Waals surface area (Å²) in [7, 11) is -1.31. The van der Waals surface area contributed by atoms with Gasteiger partial charge in [0.25, 0.3) is 0 Å². The van der Waals surface area contributed by atoms with E-state index >= 15 is 0 Å². The highest BCUT2D eigenvalue weighted by atomic mass is 79.9. The summed E-state index contributed by atoms with van der Waals surface area (Å²) in [5.41, 5.74) is 2.63. The van der Waals surface area contributed by atoms with E-state index in [-0.39, 0.29) is 0 Å². The van der Waals surface area contributed by atoms with Crippen molar-refractivity contribution in [2.75, 3.05) is 0 Å². The van der Waals surface area contributed by atoms with Gasteiger partial charge in [0.15, 0.2) is 0 Å². The fourth-order valence-electron chi connectivity index (χ4n) is 2.45. The molecular weight excluding hydrogens is 292 g/mol. The van der Waals surface area contributed by atoms with Gasteiger partial charge in [0.1, 0.15) is 5.65 Å². The van der Waals surface area contributed by atoms with Crippen LogP contribution in [0, 0.1) is 0 Å². The van der Waals surface area contributed by atoms with Crippen LogP contribution in [0.3, 0.4) is 0 Å². The Balaban J connectivity index is 2.31. The average molecular weight is 309 g/mol. The van der Waals surface area contributed by atoms with Crippen LogP contribution in [0.2, 0.25) is 19.6 Å². The second kappa shape index (κ2) is 3.69. The quantitative estimate of drug-likeness (QED) is 0.841. The highest BCUT2D eigenvalue weighted by molar-refractivity contribution is 9.10. The largest absolute Gasteiger partial charge is 0.347 e. The van der Waals surface area contributed by atoms with E-state index in [2.05, 4.69) is 51.6 Å². The minimum absolute atomic E-state index is 0.779. The van der Waals surface area contributed by atoms with Crippen molar-refractivity contribution in [1.82, 2.24) is 9.97 Å². The number of aromatic amines is 1. The van der Waals surface area contributed by atoms with Crippen LogP contribution >= 0.6 is 15.9 Å². The average Bonchev–Trinajstić information content (AvgIpc) is 2.98. The summed E-state index contributed by atoms with van der Waals surface area (Å²) in [6.45, 7) is 7.20. The lowest BCUT2D eigenvalue weighted by Crippen LogP contribution is -2.40. The number of rotatable bonds is 2. The van der Waals surface area contributed by atoms with E-state index in [0.717, 1.165) is 16.0 Å². The van der Waals surface area contributed by atoms with E-state index in [4.69, 9.17) is 0 Å². The normalized spacial score (nSPS) is 16.7. The SMILES string of the molecule is C[Si](C)(C)c1[nH]c2ncc(Br)cc2c1C1CC1. The molecule has 1 saturated carbocycles. The Morgan fingerprint density at radius 1 is 1.35 bits per heavy atom. The molecule has 1 aliphatic carbocycles. The fraction of sp³-hybridized carbons (Fsp3) is 0.462. The van der Waals surface area contributed by atoms with Crippen LogP contribution in [0.1, 0.15) is 24.3 Å². The van der Waals surface area contributed by atoms with Crippen LogP contribution in [-0.4, -0.2) is 18.0 Å². The topological polar surface area (TPSA) is 28.7 Å². The Morgan fingerprint density at radius 3 is 2.65 bits per heavy atom. The number of aromatic nitrogens is 2. The van der Waals surface area contributed by atoms with Crippen LogP contribution in [0.5, 0.6) is 0 Å². The van der Waals surface area contributed by atoms with Crippen LogP contribution in [0.25, 0.3) is 11.0 Å². The zero-order valence-electron chi connectivity index (χ0n) is 10.5. The molecular formula is C13H17BrN2Si. The van der Waals surface area contributed by atoms with Crippen molar-refractivity contribution in [2.24, 2.45) is 0 Å². The van der Waals surface area contributed by atoms with Gasteiger partial charge in [-0.25, -0.2) is 4.98 Å². The van der Waals surface area contributed by atoms with E-state index in [1.54, 1.807) is 5.56 Å². The van der Waals surface area contributed by atoms with E-state index in [1.165, 1.54) is 23.5 Å². The molecule has 2 aromatic rings. The molecule has 0 aromatic carbocycles. The number of hydrogen-bond acceptors (Lipinski definition) is 1. The van der Waals surface area contributed by atoms with E-state index < -0.39 is 8.07 Å². The van der Waals surface area contributed by atoms with Gasteiger partial charge in [-0.05, 0) is 46.3 Å². The summed E-state index contributed by atoms with van der Waals surface area (Å²) in [6.07, 6.45) is 4.57. The molecule has 3 rings (SSSR count). The van der Waals surface area contributed by atoms with Crippen molar-refractivity contribution in [2.45, 2.75) is 38.4 Å². The first-order chi connectivity index (χ1) is 7.97. The van der Waals surface area contributed by atoms with Gasteiger partial charge < -0.3 is 4.98 Å². The van der Waals surface area contributed by atoms with E-state index in [0.29, 0.717) is 0 Å². The fourth-order valence-corrected chi connectivity index (χ4v) is 4.42. The lowest BCUT2D eigenvalue weighted by Gasteiger charge is -2.16. The molecule has 2 heterocycles. The minimum Gasteiger partial charge on any atom is -0.347 e. The highest BCUT2D eigenvalue weighted by Crippen LogP contribution is 2.43. The van der Waals surface area contributed by atoms with E-state index in [9.17, 15) is 0 Å². The summed E-state index contributed by atoms with van der Waals surface area (Å²) < 4.78 is 1.08. The second-order valence-electron chi connectivity index (χ2n) is 5.99. The number of pyridine rings is 1. The lowest BCUT2D eigenvalue weighted by atomic mass is 10.1. The molecule has 0 radical (unpaired) electrons. The van der Waals surface area contributed by atoms with Gasteiger partial charge >= 0.3 is 0 Å². The molecule has 0 bridgehead atoms. The number of nitrogens with zero attached hydrogens (tertiary/aromatic N) is 1. The first kappa shape index (κ1) is 11.5. The molecule has 17 heavy (non-hydrogen) atoms. The van der Waals surface area contributed by atoms with Crippen molar-refractivity contribution in [1.29, 1.82) is 0 Å². The van der Waals surface area contributed by atoms with E-state index in [1.807, 2.05) is 6.20 Å². The second-order valence-corrected chi connectivity index (χ2v) is 11.9. The van der Waals surface area contributed by atoms with Crippen molar-refractivity contribution < 1.29 is 0 Å². The first-order valence-electron chi connectivity index (χ1n) is 6.14. The third kappa shape index (κ3) is 1.97. The zero-order chi connectivity index (χ0) is 12.2. The van der Waals surface area contributed by atoms with Crippen LogP contribution in [0.4, 0.5) is 0 Å². The molecule has 0 saturated heterocycles. The molecule has 1 fully saturated rings. The minimum atomic E-state index is -1.31. The van der Waals surface area contributed by atoms with Crippen molar-refractivity contribution in [3.8, 4) is 0 Å². The van der Waals surface area contributed by atoms with Crippen LogP contribution < -0.4 is 5.32 Å². The number of fused-ring (bicyclic) bond motifs is 1. The van der Waals surface area contributed by atoms with Gasteiger partial charge in [-0.15, -0.1) is 0 Å². The number of hydrogen-bond donors (Lipinski definition) is 1. The maximum atomic E-state index is 4.51. The summed E-state index contributed by atoms with van der Waals surface area (Å²) in [5, 5.41) is 2.83. The number of nitrogens with one attached hydrogen (secondary N) is 1. The third-order valence-electron chi connectivity index (χ3n) is 3.39. The molecule has 0 unspecified atom stereocenters. The van der Waals surface area contributed by atoms with Crippen LogP contribution in [0.15, 0.2) is 16.7 Å². The Labute approximate surface area is 111 Å². The Kier molecular flexibility index (Phi) is 2.49. The molecule has 0 atom stereocenters. The van der Waals surface area contributed by atoms with Gasteiger partial charge in [-0.1, -0.05) is 19.6 Å². The first-order valence-corrected chi connectivity index (χ1v) is 10.4. The highest BCUT2D eigenvalue weighted by Gasteiger charge is 2.34. The third-order valence-corrected chi connectivity index (χ3v) is 5.72. The molecule has 2 nitrogen and oxygen atoms in total. The maximum Gasteiger partial charge on any atom is 0.137 e. The zero-order valence-corrected chi connectivity index (χ0v) is 13.1. The van der Waals surface area contributed by atoms with Crippen molar-refractivity contribution in [3.63, 3.8) is 0 Å². The Bertz CT molecular complexity index is 579. The molecule has 2 aromatic heterocycles. The van der Waals surface area contributed by atoms with Gasteiger partial charge in [0, 0.05) is 21.4 Å². The molecule has 0 amide bonds. The standard InChI is InChI=1S/C13H17BrN2Si/c1-17(2,3)13-11(8-4-5-8)10-6-9(14)7-15-12(10)16-13/h6-8H,4-5H2,1-3H3,(H,15,16). The summed E-state index contributed by atoms with van der Waals surface area (Å²) in [5.74, 6) is 0.779.